The number of unbranched alkanes of at least 4 members (excludes halogenated alkanes) is 2. The average Bonchev–Trinajstić information content (AvgIpc) is 2.40. The number of carbonyl (C=O) groups is 1. The number of hydrogen-bond acceptors (Lipinski definition) is 3. The number of piperidine rings is 1. The molecule has 20 heavy (non-hydrogen) atoms. The first-order valence-corrected chi connectivity index (χ1v) is 8.05. The van der Waals surface area contributed by atoms with Crippen LogP contribution in [0.2, 0.25) is 0 Å². The van der Waals surface area contributed by atoms with E-state index >= 15 is 0 Å². The molecule has 1 atom stereocenters. The van der Waals surface area contributed by atoms with Gasteiger partial charge in [-0.05, 0) is 51.1 Å². The first-order valence-electron chi connectivity index (χ1n) is 8.05. The Morgan fingerprint density at radius 3 is 2.70 bits per heavy atom. The third-order valence-electron chi connectivity index (χ3n) is 3.97. The Labute approximate surface area is 123 Å². The van der Waals surface area contributed by atoms with E-state index in [-0.39, 0.29) is 11.3 Å². The molecule has 0 aromatic heterocycles. The molecule has 1 heterocycles. The molecule has 0 radical (unpaired) electrons. The van der Waals surface area contributed by atoms with Crippen LogP contribution in [0.25, 0.3) is 0 Å². The third-order valence-corrected chi connectivity index (χ3v) is 3.97. The lowest BCUT2D eigenvalue weighted by Crippen LogP contribution is -2.43. The second kappa shape index (κ2) is 8.63. The fourth-order valence-corrected chi connectivity index (χ4v) is 2.65. The van der Waals surface area contributed by atoms with E-state index in [4.69, 9.17) is 5.11 Å². The lowest BCUT2D eigenvalue weighted by molar-refractivity contribution is -0.128. The van der Waals surface area contributed by atoms with E-state index in [1.807, 2.05) is 20.8 Å². The monoisotopic (exact) mass is 284 g/mol. The van der Waals surface area contributed by atoms with Crippen molar-refractivity contribution in [3.05, 3.63) is 0 Å². The van der Waals surface area contributed by atoms with Crippen LogP contribution < -0.4 is 5.32 Å². The molecule has 0 aliphatic carbocycles. The van der Waals surface area contributed by atoms with Gasteiger partial charge in [0.25, 0.3) is 0 Å². The summed E-state index contributed by atoms with van der Waals surface area (Å²) in [5, 5.41) is 11.9. The van der Waals surface area contributed by atoms with Crippen LogP contribution in [0.1, 0.15) is 52.9 Å². The fourth-order valence-electron chi connectivity index (χ4n) is 2.65. The van der Waals surface area contributed by atoms with Gasteiger partial charge in [0.05, 0.1) is 0 Å². The summed E-state index contributed by atoms with van der Waals surface area (Å²) in [5.74, 6) is 0.741. The predicted octanol–water partition coefficient (Wildman–Crippen LogP) is 2.02. The van der Waals surface area contributed by atoms with Gasteiger partial charge < -0.3 is 15.3 Å². The van der Waals surface area contributed by atoms with Gasteiger partial charge in [-0.1, -0.05) is 20.8 Å². The summed E-state index contributed by atoms with van der Waals surface area (Å²) < 4.78 is 0. The highest BCUT2D eigenvalue weighted by molar-refractivity contribution is 5.81. The molecule has 1 rings (SSSR count). The predicted molar refractivity (Wildman–Crippen MR) is 82.6 cm³/mol. The van der Waals surface area contributed by atoms with Gasteiger partial charge in [-0.3, -0.25) is 4.79 Å². The smallest absolute Gasteiger partial charge is 0.225 e. The van der Waals surface area contributed by atoms with E-state index in [1.54, 1.807) is 0 Å². The zero-order valence-electron chi connectivity index (χ0n) is 13.5. The molecule has 2 N–H and O–H groups in total. The maximum atomic E-state index is 11.9. The molecule has 0 aromatic carbocycles. The molecule has 1 amide bonds. The Morgan fingerprint density at radius 2 is 2.05 bits per heavy atom. The summed E-state index contributed by atoms with van der Waals surface area (Å²) in [4.78, 5) is 14.4. The molecule has 118 valence electrons. The van der Waals surface area contributed by atoms with Crippen molar-refractivity contribution >= 4 is 5.91 Å². The Bertz CT molecular complexity index is 287. The molecular formula is C16H32N2O2. The highest BCUT2D eigenvalue weighted by atomic mass is 16.2. The van der Waals surface area contributed by atoms with Gasteiger partial charge in [0.15, 0.2) is 0 Å². The lowest BCUT2D eigenvalue weighted by atomic mass is 9.94. The van der Waals surface area contributed by atoms with Gasteiger partial charge in [0, 0.05) is 25.1 Å². The first kappa shape index (κ1) is 17.4. The molecule has 0 spiro atoms. The summed E-state index contributed by atoms with van der Waals surface area (Å²) in [6.45, 7) is 10.4. The Balaban J connectivity index is 2.22. The van der Waals surface area contributed by atoms with Crippen molar-refractivity contribution in [3.8, 4) is 0 Å². The third kappa shape index (κ3) is 6.71. The minimum Gasteiger partial charge on any atom is -0.396 e. The average molecular weight is 284 g/mol. The number of carbonyl (C=O) groups excluding carboxylic acids is 1. The number of aliphatic hydroxyl groups excluding tert-OH is 1. The topological polar surface area (TPSA) is 52.6 Å². The molecule has 1 aliphatic rings. The van der Waals surface area contributed by atoms with Gasteiger partial charge in [-0.15, -0.1) is 0 Å². The van der Waals surface area contributed by atoms with E-state index < -0.39 is 0 Å². The van der Waals surface area contributed by atoms with E-state index in [0.717, 1.165) is 32.5 Å². The van der Waals surface area contributed by atoms with E-state index in [2.05, 4.69) is 10.2 Å². The molecule has 0 saturated carbocycles. The maximum Gasteiger partial charge on any atom is 0.225 e. The number of likely N-dealkylation sites (tertiary alicyclic amines) is 1. The number of nitrogens with one attached hydrogen (secondary N) is 1. The molecule has 4 heteroatoms. The van der Waals surface area contributed by atoms with Crippen LogP contribution in [0.15, 0.2) is 0 Å². The maximum absolute atomic E-state index is 11.9. The zero-order chi connectivity index (χ0) is 15.0. The van der Waals surface area contributed by atoms with Crippen LogP contribution in [-0.4, -0.2) is 48.7 Å². The SMILES string of the molecule is CC(C)(C)C(=O)NCC1CCCN(CCCCCO)C1. The van der Waals surface area contributed by atoms with Gasteiger partial charge in [0.1, 0.15) is 0 Å². The van der Waals surface area contributed by atoms with E-state index in [9.17, 15) is 4.79 Å². The molecule has 1 aliphatic heterocycles. The summed E-state index contributed by atoms with van der Waals surface area (Å²) in [6.07, 6.45) is 5.65. The first-order chi connectivity index (χ1) is 9.43. The van der Waals surface area contributed by atoms with Gasteiger partial charge in [0.2, 0.25) is 5.91 Å². The van der Waals surface area contributed by atoms with Crippen molar-refractivity contribution in [3.63, 3.8) is 0 Å². The second-order valence-corrected chi connectivity index (χ2v) is 7.05. The quantitative estimate of drug-likeness (QED) is 0.703. The standard InChI is InChI=1S/C16H32N2O2/c1-16(2,3)15(20)17-12-14-8-7-10-18(13-14)9-5-4-6-11-19/h14,19H,4-13H2,1-3H3,(H,17,20). The number of aliphatic hydroxyl groups is 1. The van der Waals surface area contributed by atoms with Gasteiger partial charge >= 0.3 is 0 Å². The van der Waals surface area contributed by atoms with Crippen LogP contribution in [-0.2, 0) is 4.79 Å². The minimum atomic E-state index is -0.293. The van der Waals surface area contributed by atoms with Crippen LogP contribution >= 0.6 is 0 Å². The van der Waals surface area contributed by atoms with Crippen LogP contribution in [0.4, 0.5) is 0 Å². The van der Waals surface area contributed by atoms with Crippen LogP contribution in [0, 0.1) is 11.3 Å². The number of amides is 1. The molecule has 0 aromatic rings. The number of rotatable bonds is 7. The van der Waals surface area contributed by atoms with Gasteiger partial charge in [-0.2, -0.15) is 0 Å². The van der Waals surface area contributed by atoms with E-state index in [0.29, 0.717) is 12.5 Å². The fraction of sp³-hybridized carbons (Fsp3) is 0.938. The van der Waals surface area contributed by atoms with Crippen molar-refractivity contribution in [2.75, 3.05) is 32.8 Å². The van der Waals surface area contributed by atoms with Crippen molar-refractivity contribution in [2.45, 2.75) is 52.9 Å². The normalized spacial score (nSPS) is 20.9. The molecular weight excluding hydrogens is 252 g/mol. The van der Waals surface area contributed by atoms with Crippen molar-refractivity contribution < 1.29 is 9.90 Å². The molecule has 4 nitrogen and oxygen atoms in total. The minimum absolute atomic E-state index is 0.151. The van der Waals surface area contributed by atoms with Crippen molar-refractivity contribution in [1.29, 1.82) is 0 Å². The summed E-state index contributed by atoms with van der Waals surface area (Å²) >= 11 is 0. The molecule has 1 unspecified atom stereocenters. The Hall–Kier alpha value is -0.610. The molecule has 0 bridgehead atoms. The Kier molecular flexibility index (Phi) is 7.52. The number of nitrogens with zero attached hydrogens (tertiary/aromatic N) is 1. The largest absolute Gasteiger partial charge is 0.396 e. The second-order valence-electron chi connectivity index (χ2n) is 7.05. The van der Waals surface area contributed by atoms with Gasteiger partial charge in [-0.25, -0.2) is 0 Å². The Morgan fingerprint density at radius 1 is 1.30 bits per heavy atom. The number of hydrogen-bond donors (Lipinski definition) is 2. The van der Waals surface area contributed by atoms with Crippen molar-refractivity contribution in [1.82, 2.24) is 10.2 Å². The lowest BCUT2D eigenvalue weighted by Gasteiger charge is -2.33. The summed E-state index contributed by atoms with van der Waals surface area (Å²) in [7, 11) is 0. The van der Waals surface area contributed by atoms with E-state index in [1.165, 1.54) is 25.8 Å². The van der Waals surface area contributed by atoms with Crippen LogP contribution in [0.3, 0.4) is 0 Å². The molecule has 1 saturated heterocycles. The zero-order valence-corrected chi connectivity index (χ0v) is 13.5. The van der Waals surface area contributed by atoms with Crippen LogP contribution in [0.5, 0.6) is 0 Å². The highest BCUT2D eigenvalue weighted by Crippen LogP contribution is 2.18. The summed E-state index contributed by atoms with van der Waals surface area (Å²) in [5.41, 5.74) is -0.293. The molecule has 1 fully saturated rings. The van der Waals surface area contributed by atoms with Crippen molar-refractivity contribution in [2.24, 2.45) is 11.3 Å². The summed E-state index contributed by atoms with van der Waals surface area (Å²) in [6, 6.07) is 0. The highest BCUT2D eigenvalue weighted by Gasteiger charge is 2.24.